The molecule has 0 amide bonds. The molecule has 17 heavy (non-hydrogen) atoms. The van der Waals surface area contributed by atoms with Crippen LogP contribution >= 0.6 is 0 Å². The molecule has 0 aliphatic heterocycles. The van der Waals surface area contributed by atoms with Gasteiger partial charge in [0, 0.05) is 18.3 Å². The number of aromatic nitrogens is 1. The third kappa shape index (κ3) is 2.56. The summed E-state index contributed by atoms with van der Waals surface area (Å²) in [7, 11) is 0. The van der Waals surface area contributed by atoms with Crippen LogP contribution in [0.15, 0.2) is 6.07 Å². The molecule has 0 aromatic carbocycles. The largest absolute Gasteiger partial charge is 0.396 e. The van der Waals surface area contributed by atoms with Crippen LogP contribution < -0.4 is 5.32 Å². The number of nitrogens with zero attached hydrogens (tertiary/aromatic N) is 2. The van der Waals surface area contributed by atoms with Gasteiger partial charge < -0.3 is 10.4 Å². The topological polar surface area (TPSA) is 68.9 Å². The molecule has 1 aliphatic rings. The van der Waals surface area contributed by atoms with Gasteiger partial charge in [0.1, 0.15) is 11.9 Å². The van der Waals surface area contributed by atoms with Crippen LogP contribution in [0.25, 0.3) is 0 Å². The van der Waals surface area contributed by atoms with Gasteiger partial charge in [-0.25, -0.2) is 4.98 Å². The van der Waals surface area contributed by atoms with Gasteiger partial charge in [0.15, 0.2) is 0 Å². The number of aryl methyl sites for hydroxylation is 2. The molecule has 0 saturated carbocycles. The van der Waals surface area contributed by atoms with Crippen LogP contribution in [-0.2, 0) is 12.8 Å². The van der Waals surface area contributed by atoms with Crippen molar-refractivity contribution in [2.45, 2.75) is 38.6 Å². The second-order valence-electron chi connectivity index (χ2n) is 4.51. The molecular formula is C13H17N3O. The Bertz CT molecular complexity index is 451. The quantitative estimate of drug-likeness (QED) is 0.826. The lowest BCUT2D eigenvalue weighted by Crippen LogP contribution is -2.18. The average Bonchev–Trinajstić information content (AvgIpc) is 2.75. The van der Waals surface area contributed by atoms with E-state index >= 15 is 0 Å². The molecule has 0 radical (unpaired) electrons. The van der Waals surface area contributed by atoms with Gasteiger partial charge in [-0.2, -0.15) is 5.26 Å². The number of nitriles is 1. The Morgan fingerprint density at radius 1 is 1.59 bits per heavy atom. The summed E-state index contributed by atoms with van der Waals surface area (Å²) in [5.74, 6) is 0.661. The number of pyridine rings is 1. The zero-order chi connectivity index (χ0) is 12.3. The molecule has 4 heteroatoms. The molecule has 1 aliphatic carbocycles. The molecule has 1 aromatic rings. The van der Waals surface area contributed by atoms with Crippen LogP contribution in [0.2, 0.25) is 0 Å². The maximum atomic E-state index is 9.11. The fraction of sp³-hybridized carbons (Fsp3) is 0.538. The molecule has 1 atom stereocenters. The molecule has 1 unspecified atom stereocenters. The summed E-state index contributed by atoms with van der Waals surface area (Å²) in [5, 5.41) is 21.2. The van der Waals surface area contributed by atoms with Crippen molar-refractivity contribution in [1.82, 2.24) is 4.98 Å². The highest BCUT2D eigenvalue weighted by atomic mass is 16.3. The Hall–Kier alpha value is -1.60. The second-order valence-corrected chi connectivity index (χ2v) is 4.51. The number of rotatable bonds is 4. The molecule has 0 spiro atoms. The number of hydrogen-bond donors (Lipinski definition) is 2. The molecule has 90 valence electrons. The maximum Gasteiger partial charge on any atom is 0.144 e. The van der Waals surface area contributed by atoms with E-state index in [-0.39, 0.29) is 12.6 Å². The highest BCUT2D eigenvalue weighted by Crippen LogP contribution is 2.25. The normalized spacial score (nSPS) is 15.1. The van der Waals surface area contributed by atoms with E-state index in [1.165, 1.54) is 5.56 Å². The Morgan fingerprint density at radius 3 is 3.12 bits per heavy atom. The first-order chi connectivity index (χ1) is 8.24. The lowest BCUT2D eigenvalue weighted by molar-refractivity contribution is 0.282. The van der Waals surface area contributed by atoms with E-state index < -0.39 is 0 Å². The first kappa shape index (κ1) is 11.9. The maximum absolute atomic E-state index is 9.11. The Morgan fingerprint density at radius 2 is 2.41 bits per heavy atom. The van der Waals surface area contributed by atoms with Crippen molar-refractivity contribution in [3.63, 3.8) is 0 Å². The van der Waals surface area contributed by atoms with Crippen LogP contribution in [0.1, 0.15) is 36.6 Å². The van der Waals surface area contributed by atoms with Crippen molar-refractivity contribution in [3.05, 3.63) is 22.9 Å². The summed E-state index contributed by atoms with van der Waals surface area (Å²) in [5.41, 5.74) is 2.93. The molecule has 4 nitrogen and oxygen atoms in total. The van der Waals surface area contributed by atoms with Crippen LogP contribution in [-0.4, -0.2) is 22.7 Å². The van der Waals surface area contributed by atoms with Crippen molar-refractivity contribution < 1.29 is 5.11 Å². The third-order valence-electron chi connectivity index (χ3n) is 3.12. The number of aliphatic hydroxyl groups excluding tert-OH is 1. The van der Waals surface area contributed by atoms with Gasteiger partial charge in [-0.3, -0.25) is 0 Å². The minimum atomic E-state index is 0.124. The molecule has 2 rings (SSSR count). The highest BCUT2D eigenvalue weighted by Gasteiger charge is 2.17. The first-order valence-corrected chi connectivity index (χ1v) is 6.05. The van der Waals surface area contributed by atoms with Crippen molar-refractivity contribution in [1.29, 1.82) is 5.26 Å². The van der Waals surface area contributed by atoms with Gasteiger partial charge >= 0.3 is 0 Å². The molecule has 1 heterocycles. The Labute approximate surface area is 101 Å². The van der Waals surface area contributed by atoms with Crippen molar-refractivity contribution >= 4 is 5.82 Å². The summed E-state index contributed by atoms with van der Waals surface area (Å²) in [6.45, 7) is 2.12. The van der Waals surface area contributed by atoms with Crippen LogP contribution in [0, 0.1) is 11.3 Å². The van der Waals surface area contributed by atoms with Gasteiger partial charge in [-0.15, -0.1) is 0 Å². The average molecular weight is 231 g/mol. The standard InChI is InChI=1S/C13H17N3O/c1-9(5-6-17)15-13-11(8-14)7-10-3-2-4-12(10)16-13/h7,9,17H,2-6H2,1H3,(H,15,16). The number of aliphatic hydroxyl groups is 1. The predicted molar refractivity (Wildman–Crippen MR) is 65.8 cm³/mol. The SMILES string of the molecule is CC(CCO)Nc1nc2c(cc1C#N)CCC2. The van der Waals surface area contributed by atoms with Gasteiger partial charge in [0.25, 0.3) is 0 Å². The first-order valence-electron chi connectivity index (χ1n) is 6.05. The van der Waals surface area contributed by atoms with Crippen LogP contribution in [0.5, 0.6) is 0 Å². The molecule has 0 bridgehead atoms. The van der Waals surface area contributed by atoms with E-state index in [0.29, 0.717) is 17.8 Å². The van der Waals surface area contributed by atoms with Crippen LogP contribution in [0.3, 0.4) is 0 Å². The van der Waals surface area contributed by atoms with Gasteiger partial charge in [0.2, 0.25) is 0 Å². The summed E-state index contributed by atoms with van der Waals surface area (Å²) in [6, 6.07) is 4.26. The third-order valence-corrected chi connectivity index (χ3v) is 3.12. The summed E-state index contributed by atoms with van der Waals surface area (Å²) < 4.78 is 0. The Balaban J connectivity index is 2.24. The molecule has 1 aromatic heterocycles. The van der Waals surface area contributed by atoms with Crippen molar-refractivity contribution in [2.24, 2.45) is 0 Å². The smallest absolute Gasteiger partial charge is 0.144 e. The van der Waals surface area contributed by atoms with Gasteiger partial charge in [-0.1, -0.05) is 0 Å². The number of hydrogen-bond acceptors (Lipinski definition) is 4. The Kier molecular flexibility index (Phi) is 3.60. The number of anilines is 1. The van der Waals surface area contributed by atoms with Crippen LogP contribution in [0.4, 0.5) is 5.82 Å². The highest BCUT2D eigenvalue weighted by molar-refractivity contribution is 5.55. The molecular weight excluding hydrogens is 214 g/mol. The fourth-order valence-corrected chi connectivity index (χ4v) is 2.17. The fourth-order valence-electron chi connectivity index (χ4n) is 2.17. The second kappa shape index (κ2) is 5.15. The molecule has 2 N–H and O–H groups in total. The summed E-state index contributed by atoms with van der Waals surface area (Å²) in [4.78, 5) is 4.53. The minimum absolute atomic E-state index is 0.124. The molecule has 0 saturated heterocycles. The lowest BCUT2D eigenvalue weighted by Gasteiger charge is -2.15. The minimum Gasteiger partial charge on any atom is -0.396 e. The number of fused-ring (bicyclic) bond motifs is 1. The van der Waals surface area contributed by atoms with E-state index in [0.717, 1.165) is 25.0 Å². The van der Waals surface area contributed by atoms with Crippen molar-refractivity contribution in [2.75, 3.05) is 11.9 Å². The molecule has 0 fully saturated rings. The summed E-state index contributed by atoms with van der Waals surface area (Å²) in [6.07, 6.45) is 3.82. The zero-order valence-electron chi connectivity index (χ0n) is 10.0. The van der Waals surface area contributed by atoms with E-state index in [2.05, 4.69) is 16.4 Å². The predicted octanol–water partition coefficient (Wildman–Crippen LogP) is 1.62. The van der Waals surface area contributed by atoms with E-state index in [4.69, 9.17) is 10.4 Å². The lowest BCUT2D eigenvalue weighted by atomic mass is 10.1. The monoisotopic (exact) mass is 231 g/mol. The van der Waals surface area contributed by atoms with Gasteiger partial charge in [-0.05, 0) is 44.2 Å². The van der Waals surface area contributed by atoms with Crippen molar-refractivity contribution in [3.8, 4) is 6.07 Å². The van der Waals surface area contributed by atoms with E-state index in [9.17, 15) is 0 Å². The summed E-state index contributed by atoms with van der Waals surface area (Å²) >= 11 is 0. The number of nitrogens with one attached hydrogen (secondary N) is 1. The van der Waals surface area contributed by atoms with Gasteiger partial charge in [0.05, 0.1) is 5.56 Å². The van der Waals surface area contributed by atoms with E-state index in [1.807, 2.05) is 13.0 Å². The zero-order valence-corrected chi connectivity index (χ0v) is 10.0. The van der Waals surface area contributed by atoms with E-state index in [1.54, 1.807) is 0 Å².